The van der Waals surface area contributed by atoms with Crippen LogP contribution in [0.25, 0.3) is 10.9 Å². The zero-order valence-electron chi connectivity index (χ0n) is 15.7. The van der Waals surface area contributed by atoms with Crippen LogP contribution in [-0.2, 0) is 13.2 Å². The SMILES string of the molecule is CN(Cc1ccc(F)cc1)C(=O)c1coc(COc2cccc3cccnc23)n1. The Morgan fingerprint density at radius 3 is 2.76 bits per heavy atom. The van der Waals surface area contributed by atoms with Crippen molar-refractivity contribution in [2.75, 3.05) is 7.05 Å². The van der Waals surface area contributed by atoms with Crippen molar-refractivity contribution < 1.29 is 18.3 Å². The number of amides is 1. The Morgan fingerprint density at radius 1 is 1.14 bits per heavy atom. The molecule has 0 bridgehead atoms. The average molecular weight is 391 g/mol. The Hall–Kier alpha value is -3.74. The molecule has 0 radical (unpaired) electrons. The molecule has 29 heavy (non-hydrogen) atoms. The number of aromatic nitrogens is 2. The summed E-state index contributed by atoms with van der Waals surface area (Å²) in [5.41, 5.74) is 1.75. The molecule has 6 nitrogen and oxygen atoms in total. The van der Waals surface area contributed by atoms with E-state index in [4.69, 9.17) is 9.15 Å². The summed E-state index contributed by atoms with van der Waals surface area (Å²) in [6.45, 7) is 0.407. The molecule has 0 saturated carbocycles. The van der Waals surface area contributed by atoms with E-state index < -0.39 is 0 Å². The predicted molar refractivity (Wildman–Crippen MR) is 105 cm³/mol. The molecular formula is C22H18FN3O3. The van der Waals surface area contributed by atoms with Crippen molar-refractivity contribution in [2.45, 2.75) is 13.2 Å². The van der Waals surface area contributed by atoms with Crippen LogP contribution in [0.4, 0.5) is 4.39 Å². The van der Waals surface area contributed by atoms with Gasteiger partial charge in [0, 0.05) is 25.2 Å². The standard InChI is InChI=1S/C22H18FN3O3/c1-26(12-15-7-9-17(23)10-8-15)22(27)18-13-29-20(25-18)14-28-19-6-2-4-16-5-3-11-24-21(16)19/h2-11,13H,12,14H2,1H3. The van der Waals surface area contributed by atoms with Gasteiger partial charge in [-0.25, -0.2) is 9.37 Å². The molecule has 0 atom stereocenters. The fourth-order valence-electron chi connectivity index (χ4n) is 2.94. The predicted octanol–water partition coefficient (Wildman–Crippen LogP) is 4.21. The van der Waals surface area contributed by atoms with Gasteiger partial charge in [-0.05, 0) is 29.8 Å². The number of carbonyl (C=O) groups is 1. The van der Waals surface area contributed by atoms with Crippen LogP contribution in [-0.4, -0.2) is 27.8 Å². The van der Waals surface area contributed by atoms with E-state index in [1.165, 1.54) is 23.3 Å². The molecule has 0 fully saturated rings. The summed E-state index contributed by atoms with van der Waals surface area (Å²) in [7, 11) is 1.65. The van der Waals surface area contributed by atoms with Gasteiger partial charge >= 0.3 is 0 Å². The zero-order valence-corrected chi connectivity index (χ0v) is 15.7. The van der Waals surface area contributed by atoms with E-state index in [-0.39, 0.29) is 29.9 Å². The highest BCUT2D eigenvalue weighted by Gasteiger charge is 2.17. The van der Waals surface area contributed by atoms with Crippen LogP contribution in [0.5, 0.6) is 5.75 Å². The number of fused-ring (bicyclic) bond motifs is 1. The van der Waals surface area contributed by atoms with Crippen LogP contribution in [0.1, 0.15) is 21.9 Å². The van der Waals surface area contributed by atoms with Gasteiger partial charge in [0.2, 0.25) is 5.89 Å². The van der Waals surface area contributed by atoms with Crippen molar-refractivity contribution in [3.8, 4) is 5.75 Å². The highest BCUT2D eigenvalue weighted by atomic mass is 19.1. The molecule has 0 aliphatic heterocycles. The quantitative estimate of drug-likeness (QED) is 0.492. The van der Waals surface area contributed by atoms with Crippen molar-refractivity contribution in [1.29, 1.82) is 0 Å². The number of rotatable bonds is 6. The number of carbonyl (C=O) groups excluding carboxylic acids is 1. The Morgan fingerprint density at radius 2 is 1.93 bits per heavy atom. The molecule has 4 aromatic rings. The molecule has 0 spiro atoms. The van der Waals surface area contributed by atoms with Gasteiger partial charge in [0.05, 0.1) is 0 Å². The van der Waals surface area contributed by atoms with Crippen LogP contribution in [0.3, 0.4) is 0 Å². The molecule has 0 unspecified atom stereocenters. The molecule has 7 heteroatoms. The lowest BCUT2D eigenvalue weighted by Gasteiger charge is -2.15. The van der Waals surface area contributed by atoms with Gasteiger partial charge in [-0.15, -0.1) is 0 Å². The first-order chi connectivity index (χ1) is 14.1. The molecule has 4 rings (SSSR count). The van der Waals surface area contributed by atoms with Crippen molar-refractivity contribution in [3.05, 3.63) is 90.0 Å². The number of hydrogen-bond donors (Lipinski definition) is 0. The van der Waals surface area contributed by atoms with Gasteiger partial charge < -0.3 is 14.1 Å². The van der Waals surface area contributed by atoms with Crippen molar-refractivity contribution in [2.24, 2.45) is 0 Å². The van der Waals surface area contributed by atoms with Gasteiger partial charge in [-0.2, -0.15) is 0 Å². The molecule has 0 saturated heterocycles. The van der Waals surface area contributed by atoms with E-state index in [1.807, 2.05) is 30.3 Å². The van der Waals surface area contributed by atoms with Gasteiger partial charge in [0.1, 0.15) is 23.3 Å². The molecule has 0 aliphatic carbocycles. The minimum Gasteiger partial charge on any atom is -0.482 e. The summed E-state index contributed by atoms with van der Waals surface area (Å²) >= 11 is 0. The number of hydrogen-bond acceptors (Lipinski definition) is 5. The number of benzene rings is 2. The molecule has 1 amide bonds. The topological polar surface area (TPSA) is 68.5 Å². The van der Waals surface area contributed by atoms with E-state index in [0.717, 1.165) is 16.5 Å². The first-order valence-corrected chi connectivity index (χ1v) is 9.01. The highest BCUT2D eigenvalue weighted by molar-refractivity contribution is 5.91. The number of ether oxygens (including phenoxy) is 1. The summed E-state index contributed by atoms with van der Waals surface area (Å²) in [6, 6.07) is 15.5. The summed E-state index contributed by atoms with van der Waals surface area (Å²) in [4.78, 5) is 22.6. The molecule has 0 aliphatic rings. The van der Waals surface area contributed by atoms with E-state index in [0.29, 0.717) is 12.3 Å². The molecule has 146 valence electrons. The van der Waals surface area contributed by atoms with Gasteiger partial charge in [-0.1, -0.05) is 30.3 Å². The van der Waals surface area contributed by atoms with Crippen LogP contribution >= 0.6 is 0 Å². The Bertz CT molecular complexity index is 1140. The third-order valence-electron chi connectivity index (χ3n) is 4.40. The van der Waals surface area contributed by atoms with Gasteiger partial charge in [0.15, 0.2) is 12.3 Å². The smallest absolute Gasteiger partial charge is 0.275 e. The van der Waals surface area contributed by atoms with Crippen LogP contribution in [0.2, 0.25) is 0 Å². The molecule has 2 heterocycles. The van der Waals surface area contributed by atoms with Gasteiger partial charge in [0.25, 0.3) is 5.91 Å². The van der Waals surface area contributed by atoms with E-state index in [2.05, 4.69) is 9.97 Å². The van der Waals surface area contributed by atoms with E-state index >= 15 is 0 Å². The average Bonchev–Trinajstić information content (AvgIpc) is 3.22. The first-order valence-electron chi connectivity index (χ1n) is 9.01. The maximum absolute atomic E-state index is 13.0. The lowest BCUT2D eigenvalue weighted by atomic mass is 10.2. The second-order valence-electron chi connectivity index (χ2n) is 6.53. The fourth-order valence-corrected chi connectivity index (χ4v) is 2.94. The highest BCUT2D eigenvalue weighted by Crippen LogP contribution is 2.23. The minimum atomic E-state index is -0.315. The Kier molecular flexibility index (Phi) is 5.20. The maximum Gasteiger partial charge on any atom is 0.275 e. The lowest BCUT2D eigenvalue weighted by Crippen LogP contribution is -2.26. The number of pyridine rings is 1. The Balaban J connectivity index is 1.41. The summed E-state index contributed by atoms with van der Waals surface area (Å²) < 4.78 is 24.2. The number of oxazole rings is 1. The monoisotopic (exact) mass is 391 g/mol. The second-order valence-corrected chi connectivity index (χ2v) is 6.53. The number of nitrogens with zero attached hydrogens (tertiary/aromatic N) is 3. The third-order valence-corrected chi connectivity index (χ3v) is 4.40. The van der Waals surface area contributed by atoms with E-state index in [9.17, 15) is 9.18 Å². The van der Waals surface area contributed by atoms with Crippen LogP contribution < -0.4 is 4.74 Å². The summed E-state index contributed by atoms with van der Waals surface area (Å²) in [6.07, 6.45) is 3.01. The van der Waals surface area contributed by atoms with Crippen molar-refractivity contribution in [1.82, 2.24) is 14.9 Å². The zero-order chi connectivity index (χ0) is 20.2. The lowest BCUT2D eigenvalue weighted by molar-refractivity contribution is 0.0779. The fraction of sp³-hybridized carbons (Fsp3) is 0.136. The maximum atomic E-state index is 13.0. The van der Waals surface area contributed by atoms with Gasteiger partial charge in [-0.3, -0.25) is 9.78 Å². The molecule has 0 N–H and O–H groups in total. The van der Waals surface area contributed by atoms with Crippen molar-refractivity contribution >= 4 is 16.8 Å². The first kappa shape index (κ1) is 18.6. The number of halogens is 1. The largest absolute Gasteiger partial charge is 0.482 e. The normalized spacial score (nSPS) is 10.8. The summed E-state index contributed by atoms with van der Waals surface area (Å²) in [5.74, 6) is 0.292. The number of para-hydroxylation sites is 1. The third kappa shape index (κ3) is 4.24. The Labute approximate surface area is 166 Å². The van der Waals surface area contributed by atoms with Crippen LogP contribution in [0, 0.1) is 5.82 Å². The molecule has 2 aromatic heterocycles. The molecular weight excluding hydrogens is 373 g/mol. The minimum absolute atomic E-state index is 0.0741. The van der Waals surface area contributed by atoms with Crippen LogP contribution in [0.15, 0.2) is 71.5 Å². The molecule has 2 aromatic carbocycles. The second kappa shape index (κ2) is 8.10. The van der Waals surface area contributed by atoms with Crippen molar-refractivity contribution in [3.63, 3.8) is 0 Å². The van der Waals surface area contributed by atoms with E-state index in [1.54, 1.807) is 25.4 Å². The summed E-state index contributed by atoms with van der Waals surface area (Å²) in [5, 5.41) is 0.968.